The number of methoxy groups -OCH3 is 1. The van der Waals surface area contributed by atoms with Gasteiger partial charge >= 0.3 is 13.2 Å². The van der Waals surface area contributed by atoms with E-state index in [1.807, 2.05) is 0 Å². The lowest BCUT2D eigenvalue weighted by Crippen LogP contribution is -2.09. The Kier molecular flexibility index (Phi) is 5.43. The third-order valence-corrected chi connectivity index (χ3v) is 1.10. The van der Waals surface area contributed by atoms with Crippen LogP contribution in [0, 0.1) is 0 Å². The van der Waals surface area contributed by atoms with Crippen LogP contribution in [0.3, 0.4) is 0 Å². The standard InChI is InChI=1S/C6H8N2O2.BF4/c1-10-6(9)4-8-3-2-7-5-8;2-1(3,4)5/h2-3,5H,4H2,1H3;/q;-1. The minimum atomic E-state index is -6.00. The molecule has 0 amide bonds. The van der Waals surface area contributed by atoms with E-state index >= 15 is 0 Å². The average Bonchev–Trinajstić information content (AvgIpc) is 2.53. The first-order valence-corrected chi connectivity index (χ1v) is 3.73. The predicted molar refractivity (Wildman–Crippen MR) is 44.4 cm³/mol. The van der Waals surface area contributed by atoms with Crippen LogP contribution in [-0.4, -0.2) is 29.9 Å². The highest BCUT2D eigenvalue weighted by Crippen LogP contribution is 2.06. The molecule has 1 rings (SSSR count). The van der Waals surface area contributed by atoms with Crippen molar-refractivity contribution in [3.8, 4) is 0 Å². The van der Waals surface area contributed by atoms with E-state index in [9.17, 15) is 22.1 Å². The van der Waals surface area contributed by atoms with Crippen molar-refractivity contribution in [2.24, 2.45) is 0 Å². The molecule has 86 valence electrons. The summed E-state index contributed by atoms with van der Waals surface area (Å²) in [5.41, 5.74) is 0. The van der Waals surface area contributed by atoms with Crippen molar-refractivity contribution in [1.29, 1.82) is 0 Å². The van der Waals surface area contributed by atoms with Gasteiger partial charge in [0.25, 0.3) is 0 Å². The molecule has 0 N–H and O–H groups in total. The summed E-state index contributed by atoms with van der Waals surface area (Å²) in [7, 11) is -4.64. The second kappa shape index (κ2) is 6.04. The molecule has 0 aromatic carbocycles. The fourth-order valence-electron chi connectivity index (χ4n) is 0.594. The van der Waals surface area contributed by atoms with Crippen LogP contribution in [0.5, 0.6) is 0 Å². The summed E-state index contributed by atoms with van der Waals surface area (Å²) in [5.74, 6) is -0.266. The van der Waals surface area contributed by atoms with E-state index in [0.717, 1.165) is 0 Å². The smallest absolute Gasteiger partial charge is 0.468 e. The van der Waals surface area contributed by atoms with Crippen LogP contribution in [0.15, 0.2) is 18.7 Å². The van der Waals surface area contributed by atoms with Gasteiger partial charge in [-0.1, -0.05) is 0 Å². The Balaban J connectivity index is 0.000000336. The molecule has 0 bridgehead atoms. The van der Waals surface area contributed by atoms with Crippen LogP contribution in [-0.2, 0) is 16.1 Å². The van der Waals surface area contributed by atoms with Crippen molar-refractivity contribution in [2.45, 2.75) is 6.54 Å². The van der Waals surface area contributed by atoms with Gasteiger partial charge in [0, 0.05) is 12.4 Å². The van der Waals surface area contributed by atoms with Gasteiger partial charge in [-0.05, 0) is 0 Å². The van der Waals surface area contributed by atoms with Gasteiger partial charge in [-0.25, -0.2) is 4.98 Å². The molecule has 0 saturated heterocycles. The van der Waals surface area contributed by atoms with Crippen LogP contribution in [0.1, 0.15) is 0 Å². The lowest BCUT2D eigenvalue weighted by atomic mass is 10.3. The summed E-state index contributed by atoms with van der Waals surface area (Å²) >= 11 is 0. The molecule has 0 unspecified atom stereocenters. The molecule has 0 fully saturated rings. The molecular formula is C6H8BF4N2O2-. The normalized spacial score (nSPS) is 10.2. The highest BCUT2D eigenvalue weighted by molar-refractivity contribution is 6.50. The van der Waals surface area contributed by atoms with Crippen molar-refractivity contribution < 1.29 is 26.8 Å². The molecule has 0 spiro atoms. The monoisotopic (exact) mass is 227 g/mol. The first-order chi connectivity index (χ1) is 6.83. The highest BCUT2D eigenvalue weighted by Gasteiger charge is 2.20. The van der Waals surface area contributed by atoms with E-state index in [2.05, 4.69) is 9.72 Å². The van der Waals surface area contributed by atoms with Crippen LogP contribution in [0.2, 0.25) is 0 Å². The van der Waals surface area contributed by atoms with Gasteiger partial charge in [0.1, 0.15) is 6.54 Å². The molecule has 4 nitrogen and oxygen atoms in total. The zero-order valence-corrected chi connectivity index (χ0v) is 7.74. The van der Waals surface area contributed by atoms with Gasteiger partial charge in [0.2, 0.25) is 0 Å². The fraction of sp³-hybridized carbons (Fsp3) is 0.333. The predicted octanol–water partition coefficient (Wildman–Crippen LogP) is 1.36. The number of nitrogens with zero attached hydrogens (tertiary/aromatic N) is 2. The van der Waals surface area contributed by atoms with E-state index in [-0.39, 0.29) is 12.5 Å². The van der Waals surface area contributed by atoms with Gasteiger partial charge < -0.3 is 26.6 Å². The maximum absolute atomic E-state index is 10.6. The van der Waals surface area contributed by atoms with E-state index in [1.165, 1.54) is 7.11 Å². The second-order valence-corrected chi connectivity index (χ2v) is 2.31. The topological polar surface area (TPSA) is 44.1 Å². The number of rotatable bonds is 2. The van der Waals surface area contributed by atoms with Crippen LogP contribution < -0.4 is 0 Å². The molecule has 1 heterocycles. The largest absolute Gasteiger partial charge is 0.673 e. The number of carbonyl (C=O) groups is 1. The van der Waals surface area contributed by atoms with Gasteiger partial charge in [-0.3, -0.25) is 4.79 Å². The van der Waals surface area contributed by atoms with Crippen molar-refractivity contribution in [3.05, 3.63) is 18.7 Å². The van der Waals surface area contributed by atoms with E-state index < -0.39 is 7.25 Å². The van der Waals surface area contributed by atoms with E-state index in [1.54, 1.807) is 23.3 Å². The molecule has 0 radical (unpaired) electrons. The van der Waals surface area contributed by atoms with Crippen LogP contribution in [0.4, 0.5) is 17.3 Å². The summed E-state index contributed by atoms with van der Waals surface area (Å²) in [6, 6.07) is 0. The maximum atomic E-state index is 10.6. The Morgan fingerprint density at radius 2 is 2.00 bits per heavy atom. The first kappa shape index (κ1) is 13.5. The lowest BCUT2D eigenvalue weighted by Gasteiger charge is -1.97. The first-order valence-electron chi connectivity index (χ1n) is 3.73. The number of aromatic nitrogens is 2. The number of hydrogen-bond acceptors (Lipinski definition) is 3. The number of ether oxygens (including phenoxy) is 1. The molecule has 0 saturated carbocycles. The third-order valence-electron chi connectivity index (χ3n) is 1.10. The fourth-order valence-corrected chi connectivity index (χ4v) is 0.594. The van der Waals surface area contributed by atoms with Crippen molar-refractivity contribution in [1.82, 2.24) is 9.55 Å². The van der Waals surface area contributed by atoms with Gasteiger partial charge in [0.15, 0.2) is 0 Å². The molecule has 1 aromatic heterocycles. The number of hydrogen-bond donors (Lipinski definition) is 0. The summed E-state index contributed by atoms with van der Waals surface area (Å²) in [5, 5.41) is 0. The number of imidazole rings is 1. The van der Waals surface area contributed by atoms with Crippen molar-refractivity contribution in [3.63, 3.8) is 0 Å². The molecule has 0 aliphatic carbocycles. The van der Waals surface area contributed by atoms with Gasteiger partial charge in [0.05, 0.1) is 13.4 Å². The van der Waals surface area contributed by atoms with Crippen LogP contribution >= 0.6 is 0 Å². The minimum absolute atomic E-state index is 0.233. The Bertz CT molecular complexity index is 282. The molecule has 15 heavy (non-hydrogen) atoms. The highest BCUT2D eigenvalue weighted by atomic mass is 19.5. The Hall–Kier alpha value is -1.54. The zero-order chi connectivity index (χ0) is 11.9. The number of halogens is 4. The quantitative estimate of drug-likeness (QED) is 0.435. The molecular weight excluding hydrogens is 219 g/mol. The third kappa shape index (κ3) is 10.4. The SMILES string of the molecule is COC(=O)Cn1ccnc1.F[B-](F)(F)F. The molecule has 1 aromatic rings. The van der Waals surface area contributed by atoms with Crippen LogP contribution in [0.25, 0.3) is 0 Å². The second-order valence-electron chi connectivity index (χ2n) is 2.31. The van der Waals surface area contributed by atoms with Gasteiger partial charge in [-0.15, -0.1) is 0 Å². The summed E-state index contributed by atoms with van der Waals surface area (Å²) < 4.78 is 45.1. The number of carbonyl (C=O) groups excluding carboxylic acids is 1. The van der Waals surface area contributed by atoms with Crippen molar-refractivity contribution in [2.75, 3.05) is 7.11 Å². The summed E-state index contributed by atoms with van der Waals surface area (Å²) in [4.78, 5) is 14.4. The van der Waals surface area contributed by atoms with Crippen molar-refractivity contribution >= 4 is 13.2 Å². The Labute approximate surface area is 83.0 Å². The lowest BCUT2D eigenvalue weighted by molar-refractivity contribution is -0.141. The average molecular weight is 227 g/mol. The minimum Gasteiger partial charge on any atom is -0.468 e. The Morgan fingerprint density at radius 1 is 1.47 bits per heavy atom. The summed E-state index contributed by atoms with van der Waals surface area (Å²) in [6.07, 6.45) is 4.89. The Morgan fingerprint density at radius 3 is 2.33 bits per heavy atom. The van der Waals surface area contributed by atoms with Gasteiger partial charge in [-0.2, -0.15) is 0 Å². The summed E-state index contributed by atoms with van der Waals surface area (Å²) in [6.45, 7) is 0.233. The zero-order valence-electron chi connectivity index (χ0n) is 7.74. The van der Waals surface area contributed by atoms with E-state index in [0.29, 0.717) is 0 Å². The molecule has 0 atom stereocenters. The molecule has 0 aliphatic rings. The molecule has 9 heteroatoms. The number of esters is 1. The molecule has 0 aliphatic heterocycles. The van der Waals surface area contributed by atoms with E-state index in [4.69, 9.17) is 0 Å². The maximum Gasteiger partial charge on any atom is 0.673 e.